The summed E-state index contributed by atoms with van der Waals surface area (Å²) < 4.78 is 54.9. The summed E-state index contributed by atoms with van der Waals surface area (Å²) in [6.07, 6.45) is 9.24. The number of rotatable bonds is 4. The lowest BCUT2D eigenvalue weighted by Gasteiger charge is -2.45. The highest BCUT2D eigenvalue weighted by molar-refractivity contribution is 5.31. The molecule has 0 spiro atoms. The van der Waals surface area contributed by atoms with Gasteiger partial charge in [-0.25, -0.2) is 4.39 Å². The van der Waals surface area contributed by atoms with Crippen LogP contribution >= 0.6 is 0 Å². The third kappa shape index (κ3) is 5.13. The Morgan fingerprint density at radius 2 is 1.43 bits per heavy atom. The first-order chi connectivity index (χ1) is 14.3. The number of hydrogen-bond acceptors (Lipinski definition) is 1. The van der Waals surface area contributed by atoms with Gasteiger partial charge in [-0.15, -0.1) is 13.2 Å². The number of benzene rings is 1. The van der Waals surface area contributed by atoms with Crippen molar-refractivity contribution < 1.29 is 22.3 Å². The lowest BCUT2D eigenvalue weighted by Crippen LogP contribution is -2.34. The standard InChI is InChI=1S/C25H34F4O/c1-2-16-3-4-21-14-20(10-9-19(21)13-16)17-5-7-18(8-6-17)22-11-12-24(23(26)15-22)30-25(27,28)29/h11-12,15-21H,2-10,13-14H2,1H3. The molecule has 3 fully saturated rings. The highest BCUT2D eigenvalue weighted by Crippen LogP contribution is 2.50. The van der Waals surface area contributed by atoms with Crippen LogP contribution in [0.15, 0.2) is 18.2 Å². The van der Waals surface area contributed by atoms with Gasteiger partial charge in [0.25, 0.3) is 0 Å². The van der Waals surface area contributed by atoms with E-state index in [0.717, 1.165) is 66.9 Å². The Hall–Kier alpha value is -1.26. The molecule has 0 aliphatic heterocycles. The molecule has 3 aliphatic rings. The molecule has 0 radical (unpaired) electrons. The smallest absolute Gasteiger partial charge is 0.403 e. The molecule has 1 nitrogen and oxygen atoms in total. The van der Waals surface area contributed by atoms with Crippen molar-refractivity contribution in [3.8, 4) is 5.75 Å². The van der Waals surface area contributed by atoms with Gasteiger partial charge in [0.15, 0.2) is 11.6 Å². The van der Waals surface area contributed by atoms with Gasteiger partial charge in [-0.3, -0.25) is 0 Å². The van der Waals surface area contributed by atoms with Gasteiger partial charge in [0.1, 0.15) is 0 Å². The molecule has 0 amide bonds. The second-order valence-corrected chi connectivity index (χ2v) is 10.0. The number of alkyl halides is 3. The molecule has 0 N–H and O–H groups in total. The zero-order valence-electron chi connectivity index (χ0n) is 17.9. The Bertz CT molecular complexity index is 708. The van der Waals surface area contributed by atoms with Crippen molar-refractivity contribution in [1.82, 2.24) is 0 Å². The summed E-state index contributed by atoms with van der Waals surface area (Å²) in [4.78, 5) is 0. The largest absolute Gasteiger partial charge is 0.573 e. The van der Waals surface area contributed by atoms with E-state index in [1.165, 1.54) is 51.0 Å². The summed E-state index contributed by atoms with van der Waals surface area (Å²) in [6.45, 7) is 2.33. The Morgan fingerprint density at radius 1 is 0.833 bits per heavy atom. The maximum atomic E-state index is 14.1. The fraction of sp³-hybridized carbons (Fsp3) is 0.760. The predicted octanol–water partition coefficient (Wildman–Crippen LogP) is 8.24. The number of hydrogen-bond donors (Lipinski definition) is 0. The molecule has 1 aromatic carbocycles. The van der Waals surface area contributed by atoms with Gasteiger partial charge in [0, 0.05) is 0 Å². The highest BCUT2D eigenvalue weighted by Gasteiger charge is 2.38. The van der Waals surface area contributed by atoms with E-state index in [1.54, 1.807) is 6.07 Å². The molecular formula is C25H34F4O. The van der Waals surface area contributed by atoms with E-state index in [2.05, 4.69) is 11.7 Å². The highest BCUT2D eigenvalue weighted by atomic mass is 19.4. The van der Waals surface area contributed by atoms with Gasteiger partial charge in [-0.1, -0.05) is 25.8 Å². The lowest BCUT2D eigenvalue weighted by molar-refractivity contribution is -0.275. The molecule has 5 heteroatoms. The van der Waals surface area contributed by atoms with Crippen molar-refractivity contribution in [2.75, 3.05) is 0 Å². The summed E-state index contributed by atoms with van der Waals surface area (Å²) in [5.74, 6) is 3.02. The first kappa shape index (κ1) is 22.0. The molecule has 1 aromatic rings. The summed E-state index contributed by atoms with van der Waals surface area (Å²) >= 11 is 0. The monoisotopic (exact) mass is 426 g/mol. The van der Waals surface area contributed by atoms with Crippen LogP contribution in [-0.4, -0.2) is 6.36 Å². The quantitative estimate of drug-likeness (QED) is 0.441. The Balaban J connectivity index is 1.30. The van der Waals surface area contributed by atoms with Crippen molar-refractivity contribution in [3.63, 3.8) is 0 Å². The fourth-order valence-corrected chi connectivity index (χ4v) is 6.72. The molecule has 30 heavy (non-hydrogen) atoms. The summed E-state index contributed by atoms with van der Waals surface area (Å²) in [5, 5.41) is 0. The van der Waals surface area contributed by atoms with Gasteiger partial charge < -0.3 is 4.74 Å². The van der Waals surface area contributed by atoms with Crippen LogP contribution in [0.4, 0.5) is 17.6 Å². The number of ether oxygens (including phenoxy) is 1. The molecule has 0 aromatic heterocycles. The topological polar surface area (TPSA) is 9.23 Å². The second kappa shape index (κ2) is 9.08. The molecule has 168 valence electrons. The van der Waals surface area contributed by atoms with E-state index in [1.807, 2.05) is 0 Å². The first-order valence-corrected chi connectivity index (χ1v) is 11.9. The summed E-state index contributed by atoms with van der Waals surface area (Å²) in [7, 11) is 0. The summed E-state index contributed by atoms with van der Waals surface area (Å²) in [5.41, 5.74) is 0.807. The van der Waals surface area contributed by atoms with Crippen molar-refractivity contribution >= 4 is 0 Å². The SMILES string of the molecule is CCC1CCC2CC(C3CCC(c4ccc(OC(F)(F)F)c(F)c4)CC3)CCC2C1. The summed E-state index contributed by atoms with van der Waals surface area (Å²) in [6, 6.07) is 3.97. The molecule has 4 atom stereocenters. The van der Waals surface area contributed by atoms with E-state index >= 15 is 0 Å². The predicted molar refractivity (Wildman–Crippen MR) is 110 cm³/mol. The van der Waals surface area contributed by atoms with Gasteiger partial charge in [-0.2, -0.15) is 0 Å². The van der Waals surface area contributed by atoms with E-state index in [4.69, 9.17) is 0 Å². The number of fused-ring (bicyclic) bond motifs is 1. The third-order valence-corrected chi connectivity index (χ3v) is 8.43. The van der Waals surface area contributed by atoms with Gasteiger partial charge >= 0.3 is 6.36 Å². The minimum absolute atomic E-state index is 0.243. The number of halogens is 4. The van der Waals surface area contributed by atoms with Crippen molar-refractivity contribution in [2.45, 2.75) is 89.8 Å². The van der Waals surface area contributed by atoms with Crippen LogP contribution < -0.4 is 4.74 Å². The van der Waals surface area contributed by atoms with Gasteiger partial charge in [0.2, 0.25) is 0 Å². The van der Waals surface area contributed by atoms with Crippen molar-refractivity contribution in [1.29, 1.82) is 0 Å². The molecule has 0 saturated heterocycles. The maximum absolute atomic E-state index is 14.1. The zero-order valence-corrected chi connectivity index (χ0v) is 17.9. The molecule has 0 bridgehead atoms. The normalized spacial score (nSPS) is 35.0. The Morgan fingerprint density at radius 3 is 2.07 bits per heavy atom. The zero-order chi connectivity index (χ0) is 21.3. The molecular weight excluding hydrogens is 392 g/mol. The molecule has 4 rings (SSSR count). The Kier molecular flexibility index (Phi) is 6.64. The van der Waals surface area contributed by atoms with Gasteiger partial charge in [-0.05, 0) is 111 Å². The fourth-order valence-electron chi connectivity index (χ4n) is 6.72. The minimum Gasteiger partial charge on any atom is -0.403 e. The molecule has 0 heterocycles. The molecule has 3 aliphatic carbocycles. The van der Waals surface area contributed by atoms with E-state index in [-0.39, 0.29) is 5.92 Å². The first-order valence-electron chi connectivity index (χ1n) is 11.9. The molecule has 3 saturated carbocycles. The van der Waals surface area contributed by atoms with Crippen LogP contribution in [0.2, 0.25) is 0 Å². The third-order valence-electron chi connectivity index (χ3n) is 8.43. The van der Waals surface area contributed by atoms with Crippen molar-refractivity contribution in [2.24, 2.45) is 29.6 Å². The van der Waals surface area contributed by atoms with E-state index in [0.29, 0.717) is 0 Å². The van der Waals surface area contributed by atoms with Crippen LogP contribution in [0, 0.1) is 35.4 Å². The minimum atomic E-state index is -4.87. The van der Waals surface area contributed by atoms with Gasteiger partial charge in [0.05, 0.1) is 0 Å². The van der Waals surface area contributed by atoms with Crippen LogP contribution in [-0.2, 0) is 0 Å². The molecule has 4 unspecified atom stereocenters. The lowest BCUT2D eigenvalue weighted by atomic mass is 9.60. The van der Waals surface area contributed by atoms with Crippen molar-refractivity contribution in [3.05, 3.63) is 29.6 Å². The van der Waals surface area contributed by atoms with E-state index < -0.39 is 17.9 Å². The van der Waals surface area contributed by atoms with E-state index in [9.17, 15) is 17.6 Å². The Labute approximate surface area is 177 Å². The average Bonchev–Trinajstić information content (AvgIpc) is 2.73. The average molecular weight is 427 g/mol. The van der Waals surface area contributed by atoms with Crippen LogP contribution in [0.5, 0.6) is 5.75 Å². The maximum Gasteiger partial charge on any atom is 0.573 e. The van der Waals surface area contributed by atoms with Crippen LogP contribution in [0.1, 0.15) is 89.0 Å². The second-order valence-electron chi connectivity index (χ2n) is 10.0. The van der Waals surface area contributed by atoms with Crippen LogP contribution in [0.25, 0.3) is 0 Å². The van der Waals surface area contributed by atoms with Crippen LogP contribution in [0.3, 0.4) is 0 Å².